The van der Waals surface area contributed by atoms with Crippen LogP contribution in [-0.2, 0) is 6.42 Å². The molecule has 0 spiro atoms. The van der Waals surface area contributed by atoms with Crippen LogP contribution >= 0.6 is 0 Å². The smallest absolute Gasteiger partial charge is 0.128 e. The Bertz CT molecular complexity index is 419. The van der Waals surface area contributed by atoms with Gasteiger partial charge in [0.05, 0.1) is 0 Å². The van der Waals surface area contributed by atoms with E-state index in [1.54, 1.807) is 6.07 Å². The van der Waals surface area contributed by atoms with E-state index in [0.29, 0.717) is 24.9 Å². The molecule has 3 heteroatoms. The molecule has 1 aromatic rings. The summed E-state index contributed by atoms with van der Waals surface area (Å²) in [6.07, 6.45) is 5.69. The molecule has 2 unspecified atom stereocenters. The van der Waals surface area contributed by atoms with Gasteiger partial charge in [0.2, 0.25) is 0 Å². The molecule has 0 amide bonds. The van der Waals surface area contributed by atoms with E-state index in [-0.39, 0.29) is 5.82 Å². The molecule has 19 heavy (non-hydrogen) atoms. The second kappa shape index (κ2) is 6.38. The van der Waals surface area contributed by atoms with Crippen molar-refractivity contribution in [2.24, 2.45) is 11.7 Å². The third-order valence-electron chi connectivity index (χ3n) is 4.43. The van der Waals surface area contributed by atoms with Crippen LogP contribution in [0.1, 0.15) is 38.2 Å². The number of hydrogen-bond donors (Lipinski definition) is 1. The number of rotatable bonds is 4. The van der Waals surface area contributed by atoms with Gasteiger partial charge in [-0.15, -0.1) is 0 Å². The number of nitrogens with two attached hydrogens (primary N) is 1. The van der Waals surface area contributed by atoms with E-state index in [1.807, 2.05) is 6.07 Å². The zero-order chi connectivity index (χ0) is 13.8. The lowest BCUT2D eigenvalue weighted by Gasteiger charge is -2.38. The minimum atomic E-state index is -0.127. The van der Waals surface area contributed by atoms with Crippen molar-refractivity contribution in [1.82, 2.24) is 0 Å². The van der Waals surface area contributed by atoms with Gasteiger partial charge in [0.1, 0.15) is 5.82 Å². The largest absolute Gasteiger partial charge is 0.371 e. The lowest BCUT2D eigenvalue weighted by Crippen LogP contribution is -2.39. The standard InChI is InChI=1S/C16H25FN2/c1-12-6-3-4-8-15(12)19(2)16-9-5-7-14(17)13(16)10-11-18/h5,7,9,12,15H,3-4,6,8,10-11,18H2,1-2H3. The summed E-state index contributed by atoms with van der Waals surface area (Å²) in [6, 6.07) is 5.88. The summed E-state index contributed by atoms with van der Waals surface area (Å²) in [5, 5.41) is 0. The van der Waals surface area contributed by atoms with Crippen LogP contribution in [0.5, 0.6) is 0 Å². The minimum Gasteiger partial charge on any atom is -0.371 e. The molecule has 0 radical (unpaired) electrons. The second-order valence-electron chi connectivity index (χ2n) is 5.72. The first-order chi connectivity index (χ1) is 9.15. The SMILES string of the molecule is CC1CCCCC1N(C)c1cccc(F)c1CCN. The van der Waals surface area contributed by atoms with Gasteiger partial charge in [-0.3, -0.25) is 0 Å². The minimum absolute atomic E-state index is 0.127. The van der Waals surface area contributed by atoms with Crippen molar-refractivity contribution < 1.29 is 4.39 Å². The molecule has 2 N–H and O–H groups in total. The lowest BCUT2D eigenvalue weighted by molar-refractivity contribution is 0.321. The molecule has 1 fully saturated rings. The number of hydrogen-bond acceptors (Lipinski definition) is 2. The molecule has 0 aromatic heterocycles. The predicted molar refractivity (Wildman–Crippen MR) is 79.0 cm³/mol. The van der Waals surface area contributed by atoms with Crippen LogP contribution in [0.3, 0.4) is 0 Å². The Morgan fingerprint density at radius 3 is 2.74 bits per heavy atom. The zero-order valence-corrected chi connectivity index (χ0v) is 12.0. The predicted octanol–water partition coefficient (Wildman–Crippen LogP) is 3.34. The van der Waals surface area contributed by atoms with Crippen LogP contribution in [0.2, 0.25) is 0 Å². The highest BCUT2D eigenvalue weighted by atomic mass is 19.1. The highest BCUT2D eigenvalue weighted by molar-refractivity contribution is 5.54. The van der Waals surface area contributed by atoms with Crippen LogP contribution < -0.4 is 10.6 Å². The fourth-order valence-corrected chi connectivity index (χ4v) is 3.32. The zero-order valence-electron chi connectivity index (χ0n) is 12.0. The molecule has 1 aliphatic rings. The van der Waals surface area contributed by atoms with Crippen LogP contribution in [0.15, 0.2) is 18.2 Å². The number of benzene rings is 1. The number of anilines is 1. The Morgan fingerprint density at radius 2 is 2.05 bits per heavy atom. The van der Waals surface area contributed by atoms with Gasteiger partial charge < -0.3 is 10.6 Å². The maximum atomic E-state index is 14.0. The molecule has 1 aliphatic carbocycles. The van der Waals surface area contributed by atoms with E-state index in [1.165, 1.54) is 31.7 Å². The topological polar surface area (TPSA) is 29.3 Å². The summed E-state index contributed by atoms with van der Waals surface area (Å²) >= 11 is 0. The van der Waals surface area contributed by atoms with Crippen molar-refractivity contribution in [3.63, 3.8) is 0 Å². The first-order valence-corrected chi connectivity index (χ1v) is 7.35. The Morgan fingerprint density at radius 1 is 1.32 bits per heavy atom. The van der Waals surface area contributed by atoms with Gasteiger partial charge in [-0.2, -0.15) is 0 Å². The fourth-order valence-electron chi connectivity index (χ4n) is 3.32. The summed E-state index contributed by atoms with van der Waals surface area (Å²) < 4.78 is 14.0. The Kier molecular flexibility index (Phi) is 4.81. The van der Waals surface area contributed by atoms with E-state index in [0.717, 1.165) is 11.3 Å². The van der Waals surface area contributed by atoms with Crippen LogP contribution in [0, 0.1) is 11.7 Å². The molecule has 0 bridgehead atoms. The van der Waals surface area contributed by atoms with E-state index in [2.05, 4.69) is 18.9 Å². The van der Waals surface area contributed by atoms with E-state index in [4.69, 9.17) is 5.73 Å². The van der Waals surface area contributed by atoms with Crippen molar-refractivity contribution in [3.8, 4) is 0 Å². The van der Waals surface area contributed by atoms with Gasteiger partial charge in [0.15, 0.2) is 0 Å². The summed E-state index contributed by atoms with van der Waals surface area (Å²) in [6.45, 7) is 2.80. The first kappa shape index (κ1) is 14.3. The van der Waals surface area contributed by atoms with E-state index >= 15 is 0 Å². The first-order valence-electron chi connectivity index (χ1n) is 7.35. The summed E-state index contributed by atoms with van der Waals surface area (Å²) in [5.74, 6) is 0.547. The van der Waals surface area contributed by atoms with E-state index < -0.39 is 0 Å². The molecule has 1 saturated carbocycles. The normalized spacial score (nSPS) is 23.4. The summed E-state index contributed by atoms with van der Waals surface area (Å²) in [7, 11) is 2.10. The average Bonchev–Trinajstić information content (AvgIpc) is 2.41. The lowest BCUT2D eigenvalue weighted by atomic mass is 9.84. The number of halogens is 1. The quantitative estimate of drug-likeness (QED) is 0.903. The molecular weight excluding hydrogens is 239 g/mol. The molecule has 2 nitrogen and oxygen atoms in total. The molecule has 0 heterocycles. The third kappa shape index (κ3) is 3.08. The molecule has 2 atom stereocenters. The van der Waals surface area contributed by atoms with Crippen LogP contribution in [-0.4, -0.2) is 19.6 Å². The van der Waals surface area contributed by atoms with Crippen LogP contribution in [0.25, 0.3) is 0 Å². The molecule has 0 aliphatic heterocycles. The van der Waals surface area contributed by atoms with Crippen molar-refractivity contribution in [2.75, 3.05) is 18.5 Å². The molecule has 2 rings (SSSR count). The van der Waals surface area contributed by atoms with Gasteiger partial charge in [-0.1, -0.05) is 25.8 Å². The highest BCUT2D eigenvalue weighted by Crippen LogP contribution is 2.32. The maximum Gasteiger partial charge on any atom is 0.128 e. The third-order valence-corrected chi connectivity index (χ3v) is 4.43. The van der Waals surface area contributed by atoms with Gasteiger partial charge in [0, 0.05) is 24.3 Å². The van der Waals surface area contributed by atoms with Crippen molar-refractivity contribution in [1.29, 1.82) is 0 Å². The summed E-state index contributed by atoms with van der Waals surface area (Å²) in [4.78, 5) is 2.28. The average molecular weight is 264 g/mol. The van der Waals surface area contributed by atoms with Crippen molar-refractivity contribution in [2.45, 2.75) is 45.1 Å². The van der Waals surface area contributed by atoms with Gasteiger partial charge >= 0.3 is 0 Å². The Hall–Kier alpha value is -1.09. The number of nitrogens with zero attached hydrogens (tertiary/aromatic N) is 1. The van der Waals surface area contributed by atoms with Crippen molar-refractivity contribution in [3.05, 3.63) is 29.6 Å². The fraction of sp³-hybridized carbons (Fsp3) is 0.625. The Labute approximate surface area is 115 Å². The summed E-state index contributed by atoms with van der Waals surface area (Å²) in [5.41, 5.74) is 7.41. The molecule has 0 saturated heterocycles. The van der Waals surface area contributed by atoms with Gasteiger partial charge in [-0.25, -0.2) is 4.39 Å². The van der Waals surface area contributed by atoms with Gasteiger partial charge in [0.25, 0.3) is 0 Å². The maximum absolute atomic E-state index is 14.0. The van der Waals surface area contributed by atoms with Crippen LogP contribution in [0.4, 0.5) is 10.1 Å². The Balaban J connectivity index is 2.27. The molecule has 106 valence electrons. The highest BCUT2D eigenvalue weighted by Gasteiger charge is 2.26. The molecule has 1 aromatic carbocycles. The van der Waals surface area contributed by atoms with Crippen molar-refractivity contribution >= 4 is 5.69 Å². The monoisotopic (exact) mass is 264 g/mol. The van der Waals surface area contributed by atoms with Gasteiger partial charge in [-0.05, 0) is 43.9 Å². The second-order valence-corrected chi connectivity index (χ2v) is 5.72. The molecular formula is C16H25FN2. The van der Waals surface area contributed by atoms with E-state index in [9.17, 15) is 4.39 Å².